The molecule has 0 bridgehead atoms. The Morgan fingerprint density at radius 1 is 1.06 bits per heavy atom. The molecule has 0 aliphatic carbocycles. The van der Waals surface area contributed by atoms with Crippen molar-refractivity contribution in [2.24, 2.45) is 0 Å². The molecule has 8 heteroatoms. The van der Waals surface area contributed by atoms with Gasteiger partial charge in [0.05, 0.1) is 30.7 Å². The summed E-state index contributed by atoms with van der Waals surface area (Å²) in [5.74, 6) is 0.743. The molecule has 0 unspecified atom stereocenters. The number of nitrogens with zero attached hydrogens (tertiary/aromatic N) is 2. The van der Waals surface area contributed by atoms with Gasteiger partial charge in [-0.05, 0) is 48.7 Å². The molecule has 6 nitrogen and oxygen atoms in total. The minimum Gasteiger partial charge on any atom is -0.493 e. The zero-order valence-electron chi connectivity index (χ0n) is 18.7. The normalized spacial score (nSPS) is 10.8. The number of rotatable bonds is 10. The van der Waals surface area contributed by atoms with Crippen molar-refractivity contribution < 1.29 is 23.4 Å². The number of halogens is 1. The summed E-state index contributed by atoms with van der Waals surface area (Å²) in [6.07, 6.45) is 0.619. The number of aromatic nitrogens is 1. The Morgan fingerprint density at radius 3 is 2.53 bits per heavy atom. The fourth-order valence-corrected chi connectivity index (χ4v) is 4.27. The third-order valence-electron chi connectivity index (χ3n) is 4.99. The van der Waals surface area contributed by atoms with Crippen LogP contribution >= 0.6 is 11.3 Å². The Bertz CT molecular complexity index is 1070. The van der Waals surface area contributed by atoms with E-state index in [1.807, 2.05) is 25.1 Å². The summed E-state index contributed by atoms with van der Waals surface area (Å²) in [6, 6.07) is 11.9. The van der Waals surface area contributed by atoms with Crippen molar-refractivity contribution in [1.82, 2.24) is 9.88 Å². The molecule has 0 radical (unpaired) electrons. The molecule has 3 aromatic rings. The van der Waals surface area contributed by atoms with Crippen LogP contribution in [0.5, 0.6) is 11.5 Å². The molecule has 32 heavy (non-hydrogen) atoms. The van der Waals surface area contributed by atoms with E-state index in [1.54, 1.807) is 38.4 Å². The number of amides is 1. The van der Waals surface area contributed by atoms with Crippen molar-refractivity contribution in [1.29, 1.82) is 0 Å². The summed E-state index contributed by atoms with van der Waals surface area (Å²) in [6.45, 7) is 3.13. The van der Waals surface area contributed by atoms with Gasteiger partial charge in [0.1, 0.15) is 11.5 Å². The molecule has 0 aliphatic rings. The summed E-state index contributed by atoms with van der Waals surface area (Å²) in [4.78, 5) is 20.3. The molecule has 1 aromatic heterocycles. The molecule has 2 aromatic carbocycles. The van der Waals surface area contributed by atoms with E-state index in [-0.39, 0.29) is 11.7 Å². The van der Waals surface area contributed by atoms with Gasteiger partial charge in [0.25, 0.3) is 5.91 Å². The molecule has 1 amide bonds. The van der Waals surface area contributed by atoms with Crippen LogP contribution in [0.3, 0.4) is 0 Å². The van der Waals surface area contributed by atoms with Gasteiger partial charge >= 0.3 is 0 Å². The van der Waals surface area contributed by atoms with E-state index in [9.17, 15) is 9.18 Å². The van der Waals surface area contributed by atoms with E-state index < -0.39 is 0 Å². The molecule has 1 heterocycles. The molecule has 0 N–H and O–H groups in total. The minimum absolute atomic E-state index is 0.203. The number of carbonyl (C=O) groups is 1. The number of carbonyl (C=O) groups excluding carboxylic acids is 1. The van der Waals surface area contributed by atoms with Gasteiger partial charge < -0.3 is 19.1 Å². The average molecular weight is 459 g/mol. The minimum atomic E-state index is -0.350. The second kappa shape index (κ2) is 11.1. The van der Waals surface area contributed by atoms with Crippen LogP contribution in [0.4, 0.5) is 4.39 Å². The summed E-state index contributed by atoms with van der Waals surface area (Å²) >= 11 is 1.38. The highest BCUT2D eigenvalue weighted by molar-refractivity contribution is 7.15. The van der Waals surface area contributed by atoms with Gasteiger partial charge in [-0.1, -0.05) is 18.2 Å². The smallest absolute Gasteiger partial charge is 0.274 e. The van der Waals surface area contributed by atoms with E-state index in [0.29, 0.717) is 53.8 Å². The van der Waals surface area contributed by atoms with Gasteiger partial charge in [0, 0.05) is 20.2 Å². The topological polar surface area (TPSA) is 60.9 Å². The van der Waals surface area contributed by atoms with E-state index in [4.69, 9.17) is 14.2 Å². The maximum Gasteiger partial charge on any atom is 0.274 e. The molecule has 0 aliphatic heterocycles. The standard InChI is InChI=1S/C24H27FN2O4S/c1-16-26-22(23(32-16)18-6-5-7-19(25)15-18)24(28)27(12-13-29-2)11-10-17-8-9-20(30-3)21(14-17)31-4/h5-9,14-15H,10-13H2,1-4H3. The maximum absolute atomic E-state index is 13.8. The van der Waals surface area contributed by atoms with Gasteiger partial charge in [-0.25, -0.2) is 9.37 Å². The Labute approximate surface area is 191 Å². The van der Waals surface area contributed by atoms with Crippen molar-refractivity contribution in [3.8, 4) is 21.9 Å². The van der Waals surface area contributed by atoms with Crippen molar-refractivity contribution >= 4 is 17.2 Å². The average Bonchev–Trinajstić information content (AvgIpc) is 3.20. The van der Waals surface area contributed by atoms with Crippen LogP contribution in [-0.2, 0) is 11.2 Å². The fraction of sp³-hybridized carbons (Fsp3) is 0.333. The third-order valence-corrected chi connectivity index (χ3v) is 6.01. The SMILES string of the molecule is COCCN(CCc1ccc(OC)c(OC)c1)C(=O)c1nc(C)sc1-c1cccc(F)c1. The molecule has 0 saturated heterocycles. The lowest BCUT2D eigenvalue weighted by atomic mass is 10.1. The van der Waals surface area contributed by atoms with E-state index in [2.05, 4.69) is 4.98 Å². The van der Waals surface area contributed by atoms with Gasteiger partial charge in [0.2, 0.25) is 0 Å². The molecular weight excluding hydrogens is 431 g/mol. The highest BCUT2D eigenvalue weighted by Crippen LogP contribution is 2.32. The Hall–Kier alpha value is -2.97. The van der Waals surface area contributed by atoms with Crippen LogP contribution in [0, 0.1) is 12.7 Å². The molecule has 3 rings (SSSR count). The first-order valence-corrected chi connectivity index (χ1v) is 11.0. The first-order valence-electron chi connectivity index (χ1n) is 10.2. The van der Waals surface area contributed by atoms with Crippen molar-refractivity contribution in [2.75, 3.05) is 41.0 Å². The summed E-state index contributed by atoms with van der Waals surface area (Å²) < 4.78 is 29.7. The lowest BCUT2D eigenvalue weighted by Gasteiger charge is -2.22. The first kappa shape index (κ1) is 23.7. The number of methoxy groups -OCH3 is 3. The summed E-state index contributed by atoms with van der Waals surface area (Å²) in [7, 11) is 4.78. The zero-order chi connectivity index (χ0) is 23.1. The molecule has 0 saturated carbocycles. The first-order chi connectivity index (χ1) is 15.5. The predicted molar refractivity (Wildman–Crippen MR) is 123 cm³/mol. The number of thiazole rings is 1. The van der Waals surface area contributed by atoms with Gasteiger partial charge in [-0.15, -0.1) is 11.3 Å². The van der Waals surface area contributed by atoms with Crippen LogP contribution in [0.15, 0.2) is 42.5 Å². The quantitative estimate of drug-likeness (QED) is 0.444. The Morgan fingerprint density at radius 2 is 1.84 bits per heavy atom. The number of ether oxygens (including phenoxy) is 3. The monoisotopic (exact) mass is 458 g/mol. The second-order valence-electron chi connectivity index (χ2n) is 7.15. The molecule has 0 atom stereocenters. The number of hydrogen-bond donors (Lipinski definition) is 0. The lowest BCUT2D eigenvalue weighted by molar-refractivity contribution is 0.0693. The Kier molecular flexibility index (Phi) is 8.19. The van der Waals surface area contributed by atoms with E-state index in [0.717, 1.165) is 10.6 Å². The summed E-state index contributed by atoms with van der Waals surface area (Å²) in [5, 5.41) is 0.749. The van der Waals surface area contributed by atoms with Crippen LogP contribution < -0.4 is 9.47 Å². The molecule has 0 spiro atoms. The van der Waals surface area contributed by atoms with Crippen LogP contribution in [0.2, 0.25) is 0 Å². The predicted octanol–water partition coefficient (Wildman–Crippen LogP) is 4.61. The van der Waals surface area contributed by atoms with Crippen LogP contribution in [0.25, 0.3) is 10.4 Å². The van der Waals surface area contributed by atoms with E-state index >= 15 is 0 Å². The van der Waals surface area contributed by atoms with Crippen LogP contribution in [0.1, 0.15) is 21.1 Å². The zero-order valence-corrected chi connectivity index (χ0v) is 19.5. The van der Waals surface area contributed by atoms with E-state index in [1.165, 1.54) is 23.5 Å². The highest BCUT2D eigenvalue weighted by Gasteiger charge is 2.24. The largest absolute Gasteiger partial charge is 0.493 e. The van der Waals surface area contributed by atoms with Crippen molar-refractivity contribution in [2.45, 2.75) is 13.3 Å². The summed E-state index contributed by atoms with van der Waals surface area (Å²) in [5.41, 5.74) is 1.99. The number of hydrogen-bond acceptors (Lipinski definition) is 6. The van der Waals surface area contributed by atoms with Gasteiger partial charge in [-0.2, -0.15) is 0 Å². The number of benzene rings is 2. The molecular formula is C24H27FN2O4S. The number of aryl methyl sites for hydroxylation is 1. The Balaban J connectivity index is 1.84. The van der Waals surface area contributed by atoms with Crippen molar-refractivity contribution in [3.63, 3.8) is 0 Å². The highest BCUT2D eigenvalue weighted by atomic mass is 32.1. The second-order valence-corrected chi connectivity index (χ2v) is 8.35. The van der Waals surface area contributed by atoms with Crippen molar-refractivity contribution in [3.05, 3.63) is 64.5 Å². The van der Waals surface area contributed by atoms with Gasteiger partial charge in [0.15, 0.2) is 11.5 Å². The molecule has 0 fully saturated rings. The maximum atomic E-state index is 13.8. The van der Waals surface area contributed by atoms with Crippen LogP contribution in [-0.4, -0.2) is 56.8 Å². The third kappa shape index (κ3) is 5.63. The fourth-order valence-electron chi connectivity index (χ4n) is 3.36. The lowest BCUT2D eigenvalue weighted by Crippen LogP contribution is -2.36. The molecule has 170 valence electrons. The van der Waals surface area contributed by atoms with Gasteiger partial charge in [-0.3, -0.25) is 4.79 Å².